The maximum absolute atomic E-state index is 13.2. The lowest BCUT2D eigenvalue weighted by Crippen LogP contribution is -2.40. The summed E-state index contributed by atoms with van der Waals surface area (Å²) in [5.74, 6) is 1.40. The maximum atomic E-state index is 13.2. The Morgan fingerprint density at radius 1 is 1.27 bits per heavy atom. The lowest BCUT2D eigenvalue weighted by Gasteiger charge is -2.33. The molecule has 3 heterocycles. The van der Waals surface area contributed by atoms with E-state index in [0.29, 0.717) is 23.9 Å². The summed E-state index contributed by atoms with van der Waals surface area (Å²) >= 11 is 1.58. The average Bonchev–Trinajstić information content (AvgIpc) is 3.12. The Labute approximate surface area is 179 Å². The van der Waals surface area contributed by atoms with E-state index < -0.39 is 0 Å². The average molecular weight is 426 g/mol. The predicted molar refractivity (Wildman–Crippen MR) is 116 cm³/mol. The molecular formula is C22H24FN5OS. The molecule has 0 unspecified atom stereocenters. The summed E-state index contributed by atoms with van der Waals surface area (Å²) in [7, 11) is 0. The molecule has 0 radical (unpaired) electrons. The molecule has 1 atom stereocenters. The lowest BCUT2D eigenvalue weighted by molar-refractivity contribution is 0.0672. The van der Waals surface area contributed by atoms with Crippen LogP contribution in [0.2, 0.25) is 0 Å². The van der Waals surface area contributed by atoms with Crippen molar-refractivity contribution < 1.29 is 9.18 Å². The van der Waals surface area contributed by atoms with Crippen LogP contribution in [-0.2, 0) is 6.42 Å². The number of aromatic nitrogens is 3. The minimum Gasteiger partial charge on any atom is -0.338 e. The van der Waals surface area contributed by atoms with E-state index in [9.17, 15) is 9.18 Å². The monoisotopic (exact) mass is 425 g/mol. The zero-order valence-corrected chi connectivity index (χ0v) is 17.9. The van der Waals surface area contributed by atoms with E-state index in [2.05, 4.69) is 20.3 Å². The first-order chi connectivity index (χ1) is 14.5. The van der Waals surface area contributed by atoms with Crippen LogP contribution < -0.4 is 5.32 Å². The van der Waals surface area contributed by atoms with Gasteiger partial charge in [-0.3, -0.25) is 4.79 Å². The standard InChI is InChI=1S/C22H24FN5OS/c1-14-12-24-22(30-14)27-20-11-19(25-15(2)26-20)10-16-4-3-9-28(13-16)21(29)17-5-7-18(23)8-6-17/h5-8,11-12,16H,3-4,9-10,13H2,1-2H3,(H,24,25,26,27)/t16-/m1/s1. The molecule has 156 valence electrons. The van der Waals surface area contributed by atoms with Crippen LogP contribution in [0.3, 0.4) is 0 Å². The van der Waals surface area contributed by atoms with Crippen LogP contribution in [0.25, 0.3) is 0 Å². The van der Waals surface area contributed by atoms with Crippen LogP contribution >= 0.6 is 11.3 Å². The third-order valence-corrected chi connectivity index (χ3v) is 5.97. The van der Waals surface area contributed by atoms with Gasteiger partial charge in [0.15, 0.2) is 5.13 Å². The highest BCUT2D eigenvalue weighted by Crippen LogP contribution is 2.25. The number of rotatable bonds is 5. The van der Waals surface area contributed by atoms with Gasteiger partial charge in [-0.25, -0.2) is 19.3 Å². The number of hydrogen-bond acceptors (Lipinski definition) is 6. The van der Waals surface area contributed by atoms with Crippen molar-refractivity contribution in [3.63, 3.8) is 0 Å². The van der Waals surface area contributed by atoms with Crippen molar-refractivity contribution in [3.8, 4) is 0 Å². The number of piperidine rings is 1. The van der Waals surface area contributed by atoms with E-state index in [-0.39, 0.29) is 11.7 Å². The van der Waals surface area contributed by atoms with E-state index >= 15 is 0 Å². The first kappa shape index (κ1) is 20.4. The number of nitrogens with one attached hydrogen (secondary N) is 1. The molecule has 0 spiro atoms. The molecule has 4 rings (SSSR count). The highest BCUT2D eigenvalue weighted by molar-refractivity contribution is 7.15. The largest absolute Gasteiger partial charge is 0.338 e. The smallest absolute Gasteiger partial charge is 0.253 e. The molecule has 0 aliphatic carbocycles. The molecule has 1 aliphatic rings. The number of benzene rings is 1. The second-order valence-corrected chi connectivity index (χ2v) is 8.90. The van der Waals surface area contributed by atoms with Crippen LogP contribution in [0.1, 0.15) is 39.6 Å². The minimum atomic E-state index is -0.334. The first-order valence-electron chi connectivity index (χ1n) is 10.0. The van der Waals surface area contributed by atoms with Crippen LogP contribution in [0, 0.1) is 25.6 Å². The molecule has 1 saturated heterocycles. The number of anilines is 2. The zero-order valence-electron chi connectivity index (χ0n) is 17.1. The molecule has 1 aromatic carbocycles. The topological polar surface area (TPSA) is 71.0 Å². The molecule has 0 bridgehead atoms. The predicted octanol–water partition coefficient (Wildman–Crippen LogP) is 4.53. The Kier molecular flexibility index (Phi) is 6.03. The third kappa shape index (κ3) is 4.99. The first-order valence-corrected chi connectivity index (χ1v) is 10.9. The number of amides is 1. The van der Waals surface area contributed by atoms with Gasteiger partial charge < -0.3 is 10.2 Å². The molecular weight excluding hydrogens is 401 g/mol. The Morgan fingerprint density at radius 2 is 2.07 bits per heavy atom. The van der Waals surface area contributed by atoms with Crippen molar-refractivity contribution in [1.29, 1.82) is 0 Å². The molecule has 1 amide bonds. The number of aryl methyl sites for hydroxylation is 2. The van der Waals surface area contributed by atoms with Gasteiger partial charge in [-0.05, 0) is 63.3 Å². The SMILES string of the molecule is Cc1nc(C[C@H]2CCCN(C(=O)c3ccc(F)cc3)C2)cc(Nc2ncc(C)s2)n1. The zero-order chi connectivity index (χ0) is 21.1. The fraction of sp³-hybridized carbons (Fsp3) is 0.364. The fourth-order valence-corrected chi connectivity index (χ4v) is 4.48. The molecule has 6 nitrogen and oxygen atoms in total. The molecule has 8 heteroatoms. The van der Waals surface area contributed by atoms with Gasteiger partial charge in [-0.2, -0.15) is 0 Å². The molecule has 1 fully saturated rings. The van der Waals surface area contributed by atoms with Crippen LogP contribution in [0.5, 0.6) is 0 Å². The number of nitrogens with zero attached hydrogens (tertiary/aromatic N) is 4. The van der Waals surface area contributed by atoms with Gasteiger partial charge in [-0.15, -0.1) is 11.3 Å². The Balaban J connectivity index is 1.43. The van der Waals surface area contributed by atoms with E-state index in [1.807, 2.05) is 31.0 Å². The molecule has 30 heavy (non-hydrogen) atoms. The van der Waals surface area contributed by atoms with Crippen molar-refractivity contribution in [1.82, 2.24) is 19.9 Å². The number of hydrogen-bond donors (Lipinski definition) is 1. The van der Waals surface area contributed by atoms with E-state index in [1.165, 1.54) is 12.1 Å². The van der Waals surface area contributed by atoms with Gasteiger partial charge in [-0.1, -0.05) is 0 Å². The molecule has 1 N–H and O–H groups in total. The summed E-state index contributed by atoms with van der Waals surface area (Å²) in [6.45, 7) is 5.30. The highest BCUT2D eigenvalue weighted by atomic mass is 32.1. The van der Waals surface area contributed by atoms with Gasteiger partial charge in [0.25, 0.3) is 5.91 Å². The van der Waals surface area contributed by atoms with Gasteiger partial charge >= 0.3 is 0 Å². The number of likely N-dealkylation sites (tertiary alicyclic amines) is 1. The number of carbonyl (C=O) groups is 1. The maximum Gasteiger partial charge on any atom is 0.253 e. The van der Waals surface area contributed by atoms with Crippen molar-refractivity contribution in [3.05, 3.63) is 64.3 Å². The summed E-state index contributed by atoms with van der Waals surface area (Å²) in [6.07, 6.45) is 4.61. The van der Waals surface area contributed by atoms with Crippen LogP contribution in [0.15, 0.2) is 36.5 Å². The van der Waals surface area contributed by atoms with Crippen molar-refractivity contribution in [2.24, 2.45) is 5.92 Å². The van der Waals surface area contributed by atoms with E-state index in [4.69, 9.17) is 0 Å². The van der Waals surface area contributed by atoms with E-state index in [0.717, 1.165) is 47.3 Å². The van der Waals surface area contributed by atoms with Crippen LogP contribution in [-0.4, -0.2) is 38.8 Å². The summed E-state index contributed by atoms with van der Waals surface area (Å²) in [5.41, 5.74) is 1.49. The lowest BCUT2D eigenvalue weighted by atomic mass is 9.92. The number of halogens is 1. The summed E-state index contributed by atoms with van der Waals surface area (Å²) in [5, 5.41) is 4.07. The second kappa shape index (κ2) is 8.87. The van der Waals surface area contributed by atoms with Gasteiger partial charge in [0, 0.05) is 41.5 Å². The summed E-state index contributed by atoms with van der Waals surface area (Å²) in [4.78, 5) is 29.2. The van der Waals surface area contributed by atoms with E-state index in [1.54, 1.807) is 23.5 Å². The molecule has 1 aliphatic heterocycles. The fourth-order valence-electron chi connectivity index (χ4n) is 3.81. The number of carbonyl (C=O) groups excluding carboxylic acids is 1. The van der Waals surface area contributed by atoms with Gasteiger partial charge in [0.2, 0.25) is 0 Å². The number of thiazole rings is 1. The van der Waals surface area contributed by atoms with Crippen molar-refractivity contribution in [2.45, 2.75) is 33.1 Å². The molecule has 3 aromatic rings. The van der Waals surface area contributed by atoms with Gasteiger partial charge in [0.1, 0.15) is 17.5 Å². The quantitative estimate of drug-likeness (QED) is 0.650. The van der Waals surface area contributed by atoms with Crippen LogP contribution in [0.4, 0.5) is 15.3 Å². The molecule has 0 saturated carbocycles. The Hall–Kier alpha value is -2.87. The van der Waals surface area contributed by atoms with Gasteiger partial charge in [0.05, 0.1) is 0 Å². The van der Waals surface area contributed by atoms with Crippen molar-refractivity contribution in [2.75, 3.05) is 18.4 Å². The normalized spacial score (nSPS) is 16.5. The third-order valence-electron chi connectivity index (χ3n) is 5.14. The minimum absolute atomic E-state index is 0.0416. The molecule has 2 aromatic heterocycles. The highest BCUT2D eigenvalue weighted by Gasteiger charge is 2.25. The Morgan fingerprint density at radius 3 is 2.80 bits per heavy atom. The summed E-state index contributed by atoms with van der Waals surface area (Å²) in [6, 6.07) is 7.72. The summed E-state index contributed by atoms with van der Waals surface area (Å²) < 4.78 is 13.2. The Bertz CT molecular complexity index is 1040. The second-order valence-electron chi connectivity index (χ2n) is 7.66. The van der Waals surface area contributed by atoms with Crippen molar-refractivity contribution >= 4 is 28.2 Å².